The van der Waals surface area contributed by atoms with Gasteiger partial charge in [0.1, 0.15) is 15.7 Å². The molecule has 8 nitrogen and oxygen atoms in total. The number of ether oxygens (including phenoxy) is 3. The Morgan fingerprint density at radius 2 is 1.69 bits per heavy atom. The van der Waals surface area contributed by atoms with Gasteiger partial charge in [-0.2, -0.15) is 0 Å². The van der Waals surface area contributed by atoms with Gasteiger partial charge in [0.2, 0.25) is 5.78 Å². The third-order valence-electron chi connectivity index (χ3n) is 4.44. The third kappa shape index (κ3) is 5.45. The van der Waals surface area contributed by atoms with Gasteiger partial charge in [-0.1, -0.05) is 18.2 Å². The minimum Gasteiger partial charge on any atom is -0.496 e. The third-order valence-corrected chi connectivity index (χ3v) is 7.60. The largest absolute Gasteiger partial charge is 0.496 e. The SMILES string of the molecule is COc1ccccc1C(=O)COC(=O)COc1ccc(N(C)S(=O)(=O)c2cccs2)cc1. The molecule has 0 saturated carbocycles. The van der Waals surface area contributed by atoms with Crippen LogP contribution in [0, 0.1) is 0 Å². The molecule has 1 heterocycles. The average Bonchev–Trinajstić information content (AvgIpc) is 3.37. The van der Waals surface area contributed by atoms with E-state index in [0.29, 0.717) is 22.7 Å². The van der Waals surface area contributed by atoms with Crippen molar-refractivity contribution in [1.82, 2.24) is 0 Å². The Kier molecular flexibility index (Phi) is 7.49. The van der Waals surface area contributed by atoms with Crippen molar-refractivity contribution in [3.63, 3.8) is 0 Å². The van der Waals surface area contributed by atoms with Crippen molar-refractivity contribution in [2.75, 3.05) is 31.7 Å². The molecule has 3 aromatic rings. The summed E-state index contributed by atoms with van der Waals surface area (Å²) in [7, 11) is -0.724. The van der Waals surface area contributed by atoms with Crippen LogP contribution in [-0.4, -0.2) is 47.5 Å². The lowest BCUT2D eigenvalue weighted by Crippen LogP contribution is -2.25. The monoisotopic (exact) mass is 475 g/mol. The fraction of sp³-hybridized carbons (Fsp3) is 0.182. The molecule has 1 aromatic heterocycles. The van der Waals surface area contributed by atoms with Gasteiger partial charge < -0.3 is 14.2 Å². The standard InChI is InChI=1S/C22H21NO7S2/c1-23(32(26,27)22-8-5-13-31-22)16-9-11-17(12-10-16)29-15-21(25)30-14-19(24)18-6-3-4-7-20(18)28-2/h3-13H,14-15H2,1-2H3. The zero-order valence-electron chi connectivity index (χ0n) is 17.4. The summed E-state index contributed by atoms with van der Waals surface area (Å²) in [5.74, 6) is -0.357. The minimum absolute atomic E-state index is 0.241. The van der Waals surface area contributed by atoms with Crippen molar-refractivity contribution in [1.29, 1.82) is 0 Å². The summed E-state index contributed by atoms with van der Waals surface area (Å²) < 4.78 is 42.0. The minimum atomic E-state index is -3.63. The molecular weight excluding hydrogens is 454 g/mol. The number of para-hydroxylation sites is 1. The molecule has 168 valence electrons. The average molecular weight is 476 g/mol. The van der Waals surface area contributed by atoms with Gasteiger partial charge in [-0.15, -0.1) is 11.3 Å². The number of carbonyl (C=O) groups excluding carboxylic acids is 2. The number of thiophene rings is 1. The van der Waals surface area contributed by atoms with E-state index in [4.69, 9.17) is 14.2 Å². The number of rotatable bonds is 10. The Morgan fingerprint density at radius 1 is 0.969 bits per heavy atom. The molecule has 2 aromatic carbocycles. The number of anilines is 1. The van der Waals surface area contributed by atoms with Gasteiger partial charge in [-0.05, 0) is 47.8 Å². The van der Waals surface area contributed by atoms with Gasteiger partial charge in [-0.25, -0.2) is 13.2 Å². The Balaban J connectivity index is 1.52. The molecule has 0 unspecified atom stereocenters. The lowest BCUT2D eigenvalue weighted by molar-refractivity contribution is -0.144. The fourth-order valence-electron chi connectivity index (χ4n) is 2.72. The highest BCUT2D eigenvalue weighted by atomic mass is 32.2. The summed E-state index contributed by atoms with van der Waals surface area (Å²) in [6.45, 7) is -0.839. The van der Waals surface area contributed by atoms with Crippen molar-refractivity contribution < 1.29 is 32.2 Å². The van der Waals surface area contributed by atoms with Crippen molar-refractivity contribution >= 4 is 38.8 Å². The molecule has 3 rings (SSSR count). The lowest BCUT2D eigenvalue weighted by atomic mass is 10.1. The van der Waals surface area contributed by atoms with Gasteiger partial charge in [0.25, 0.3) is 10.0 Å². The summed E-state index contributed by atoms with van der Waals surface area (Å²) >= 11 is 1.14. The van der Waals surface area contributed by atoms with Crippen molar-refractivity contribution in [3.05, 3.63) is 71.6 Å². The number of esters is 1. The highest BCUT2D eigenvalue weighted by Crippen LogP contribution is 2.26. The molecule has 0 spiro atoms. The Hall–Kier alpha value is -3.37. The van der Waals surface area contributed by atoms with Gasteiger partial charge in [0.05, 0.1) is 18.4 Å². The molecule has 0 aliphatic heterocycles. The molecule has 0 saturated heterocycles. The van der Waals surface area contributed by atoms with Crippen LogP contribution in [0.15, 0.2) is 70.3 Å². The first-order valence-electron chi connectivity index (χ1n) is 9.40. The van der Waals surface area contributed by atoms with Crippen LogP contribution in [0.25, 0.3) is 0 Å². The maximum Gasteiger partial charge on any atom is 0.344 e. The highest BCUT2D eigenvalue weighted by Gasteiger charge is 2.22. The molecule has 0 N–H and O–H groups in total. The molecule has 10 heteroatoms. The maximum atomic E-state index is 12.6. The highest BCUT2D eigenvalue weighted by molar-refractivity contribution is 7.94. The molecule has 0 amide bonds. The van der Waals surface area contributed by atoms with Crippen LogP contribution >= 0.6 is 11.3 Å². The number of carbonyl (C=O) groups is 2. The number of sulfonamides is 1. The van der Waals surface area contributed by atoms with Crippen LogP contribution in [-0.2, 0) is 19.6 Å². The van der Waals surface area contributed by atoms with Crippen molar-refractivity contribution in [2.24, 2.45) is 0 Å². The first-order chi connectivity index (χ1) is 15.3. The summed E-state index contributed by atoms with van der Waals surface area (Å²) in [6, 6.07) is 16.1. The predicted octanol–water partition coefficient (Wildman–Crippen LogP) is 3.39. The molecular formula is C22H21NO7S2. The Bertz CT molecular complexity index is 1170. The number of nitrogens with zero attached hydrogens (tertiary/aromatic N) is 1. The first-order valence-corrected chi connectivity index (χ1v) is 11.7. The Labute approximate surface area is 190 Å². The predicted molar refractivity (Wildman–Crippen MR) is 120 cm³/mol. The van der Waals surface area contributed by atoms with Crippen LogP contribution in [0.2, 0.25) is 0 Å². The number of benzene rings is 2. The number of hydrogen-bond acceptors (Lipinski definition) is 8. The molecule has 32 heavy (non-hydrogen) atoms. The molecule has 0 aliphatic carbocycles. The zero-order valence-corrected chi connectivity index (χ0v) is 19.0. The summed E-state index contributed by atoms with van der Waals surface area (Å²) in [6.07, 6.45) is 0. The number of hydrogen-bond donors (Lipinski definition) is 0. The van der Waals surface area contributed by atoms with Crippen molar-refractivity contribution in [3.8, 4) is 11.5 Å². The Morgan fingerprint density at radius 3 is 2.34 bits per heavy atom. The van der Waals surface area contributed by atoms with E-state index in [-0.39, 0.29) is 4.21 Å². The van der Waals surface area contributed by atoms with E-state index >= 15 is 0 Å². The quantitative estimate of drug-likeness (QED) is 0.327. The van der Waals surface area contributed by atoms with Gasteiger partial charge in [0.15, 0.2) is 13.2 Å². The van der Waals surface area contributed by atoms with E-state index in [9.17, 15) is 18.0 Å². The van der Waals surface area contributed by atoms with E-state index in [2.05, 4.69) is 0 Å². The summed E-state index contributed by atoms with van der Waals surface area (Å²) in [4.78, 5) is 24.1. The van der Waals surface area contributed by atoms with Crippen LogP contribution < -0.4 is 13.8 Å². The van der Waals surface area contributed by atoms with Crippen LogP contribution in [0.5, 0.6) is 11.5 Å². The second kappa shape index (κ2) is 10.3. The van der Waals surface area contributed by atoms with Gasteiger partial charge >= 0.3 is 5.97 Å². The fourth-order valence-corrected chi connectivity index (χ4v) is 5.08. The molecule has 0 atom stereocenters. The molecule has 0 radical (unpaired) electrons. The normalized spacial score (nSPS) is 10.9. The first kappa shape index (κ1) is 23.3. The number of ketones is 1. The molecule has 0 fully saturated rings. The second-order valence-electron chi connectivity index (χ2n) is 6.47. The topological polar surface area (TPSA) is 99.2 Å². The van der Waals surface area contributed by atoms with E-state index in [0.717, 1.165) is 11.3 Å². The van der Waals surface area contributed by atoms with E-state index in [1.54, 1.807) is 60.0 Å². The van der Waals surface area contributed by atoms with E-state index < -0.39 is 35.0 Å². The van der Waals surface area contributed by atoms with Gasteiger partial charge in [-0.3, -0.25) is 9.10 Å². The second-order valence-corrected chi connectivity index (χ2v) is 9.62. The van der Waals surface area contributed by atoms with Crippen molar-refractivity contribution in [2.45, 2.75) is 4.21 Å². The maximum absolute atomic E-state index is 12.6. The summed E-state index contributed by atoms with van der Waals surface area (Å²) in [5, 5.41) is 1.70. The molecule has 0 aliphatic rings. The lowest BCUT2D eigenvalue weighted by Gasteiger charge is -2.18. The van der Waals surface area contributed by atoms with Crippen LogP contribution in [0.1, 0.15) is 10.4 Å². The van der Waals surface area contributed by atoms with Gasteiger partial charge in [0, 0.05) is 7.05 Å². The molecule has 0 bridgehead atoms. The summed E-state index contributed by atoms with van der Waals surface area (Å²) in [5.41, 5.74) is 0.761. The smallest absolute Gasteiger partial charge is 0.344 e. The van der Waals surface area contributed by atoms with Crippen LogP contribution in [0.3, 0.4) is 0 Å². The number of methoxy groups -OCH3 is 1. The number of Topliss-reactive ketones (excluding diaryl/α,β-unsaturated/α-hetero) is 1. The van der Waals surface area contributed by atoms with E-state index in [1.165, 1.54) is 24.5 Å². The van der Waals surface area contributed by atoms with E-state index in [1.807, 2.05) is 0 Å². The zero-order chi connectivity index (χ0) is 23.1. The van der Waals surface area contributed by atoms with Crippen LogP contribution in [0.4, 0.5) is 5.69 Å².